The van der Waals surface area contributed by atoms with Gasteiger partial charge >= 0.3 is 0 Å². The summed E-state index contributed by atoms with van der Waals surface area (Å²) in [5, 5.41) is 2.07. The lowest BCUT2D eigenvalue weighted by molar-refractivity contribution is 0.102. The molecular formula is C14H11F3N2O5S2. The summed E-state index contributed by atoms with van der Waals surface area (Å²) in [6.07, 6.45) is 0.602. The summed E-state index contributed by atoms with van der Waals surface area (Å²) in [6.45, 7) is 0. The number of benzene rings is 2. The van der Waals surface area contributed by atoms with Crippen LogP contribution < -0.4 is 9.44 Å². The first kappa shape index (κ1) is 19.9. The Morgan fingerprint density at radius 1 is 0.885 bits per heavy atom. The number of hydrogen-bond acceptors (Lipinski definition) is 5. The third kappa shape index (κ3) is 4.80. The summed E-state index contributed by atoms with van der Waals surface area (Å²) >= 11 is 0. The molecule has 0 spiro atoms. The maximum Gasteiger partial charge on any atom is 0.258 e. The van der Waals surface area contributed by atoms with E-state index in [2.05, 4.69) is 5.32 Å². The molecular weight excluding hydrogens is 397 g/mol. The predicted molar refractivity (Wildman–Crippen MR) is 85.9 cm³/mol. The van der Waals surface area contributed by atoms with E-state index < -0.39 is 53.9 Å². The monoisotopic (exact) mass is 408 g/mol. The molecule has 0 aliphatic rings. The molecule has 1 amide bonds. The maximum absolute atomic E-state index is 13.9. The van der Waals surface area contributed by atoms with Crippen molar-refractivity contribution in [3.8, 4) is 0 Å². The maximum atomic E-state index is 13.9. The van der Waals surface area contributed by atoms with Crippen molar-refractivity contribution in [3.05, 3.63) is 59.4 Å². The molecule has 140 valence electrons. The van der Waals surface area contributed by atoms with Gasteiger partial charge in [0, 0.05) is 11.8 Å². The number of nitrogens with one attached hydrogen (secondary N) is 2. The Morgan fingerprint density at radius 2 is 1.50 bits per heavy atom. The third-order valence-electron chi connectivity index (χ3n) is 2.93. The van der Waals surface area contributed by atoms with E-state index in [0.717, 1.165) is 18.2 Å². The highest BCUT2D eigenvalue weighted by molar-refractivity contribution is 8.04. The highest BCUT2D eigenvalue weighted by Gasteiger charge is 2.23. The Hall–Kier alpha value is -2.44. The average Bonchev–Trinajstić information content (AvgIpc) is 2.48. The number of anilines is 1. The molecule has 0 heterocycles. The van der Waals surface area contributed by atoms with Crippen LogP contribution in [0.5, 0.6) is 0 Å². The first-order valence-corrected chi connectivity index (χ1v) is 10.1. The van der Waals surface area contributed by atoms with Gasteiger partial charge in [-0.3, -0.25) is 4.79 Å². The third-order valence-corrected chi connectivity index (χ3v) is 5.89. The van der Waals surface area contributed by atoms with Crippen LogP contribution in [0.25, 0.3) is 0 Å². The fraction of sp³-hybridized carbons (Fsp3) is 0.0714. The second-order valence-corrected chi connectivity index (χ2v) is 8.77. The van der Waals surface area contributed by atoms with E-state index in [1.165, 1.54) is 4.13 Å². The van der Waals surface area contributed by atoms with Gasteiger partial charge in [0.05, 0.1) is 16.7 Å². The Labute approximate surface area is 146 Å². The van der Waals surface area contributed by atoms with E-state index >= 15 is 0 Å². The number of carbonyl (C=O) groups is 1. The molecule has 0 saturated carbocycles. The van der Waals surface area contributed by atoms with Crippen molar-refractivity contribution in [1.82, 2.24) is 4.13 Å². The molecule has 0 aromatic heterocycles. The Balaban J connectivity index is 2.37. The number of halogens is 3. The normalized spacial score (nSPS) is 12.0. The van der Waals surface area contributed by atoms with Crippen LogP contribution in [0, 0.1) is 17.5 Å². The minimum Gasteiger partial charge on any atom is -0.322 e. The SMILES string of the molecule is CS(=O)(=O)NS(=O)(=O)c1ccc(F)c(C(=O)Nc2ccc(F)c(F)c2)c1. The van der Waals surface area contributed by atoms with Crippen LogP contribution in [0.2, 0.25) is 0 Å². The topological polar surface area (TPSA) is 109 Å². The molecule has 26 heavy (non-hydrogen) atoms. The fourth-order valence-electron chi connectivity index (χ4n) is 1.87. The molecule has 12 heteroatoms. The Morgan fingerprint density at radius 3 is 2.08 bits per heavy atom. The molecule has 2 aromatic carbocycles. The summed E-state index contributed by atoms with van der Waals surface area (Å²) in [5.41, 5.74) is -0.943. The smallest absolute Gasteiger partial charge is 0.258 e. The molecule has 0 fully saturated rings. The van der Waals surface area contributed by atoms with Gasteiger partial charge in [-0.1, -0.05) is 0 Å². The van der Waals surface area contributed by atoms with Crippen molar-refractivity contribution in [3.63, 3.8) is 0 Å². The van der Waals surface area contributed by atoms with Gasteiger partial charge in [-0.25, -0.2) is 30.0 Å². The van der Waals surface area contributed by atoms with E-state index in [-0.39, 0.29) is 5.69 Å². The van der Waals surface area contributed by atoms with Crippen LogP contribution in [0.4, 0.5) is 18.9 Å². The first-order valence-electron chi connectivity index (χ1n) is 6.68. The fourth-order valence-corrected chi connectivity index (χ4v) is 4.36. The lowest BCUT2D eigenvalue weighted by Crippen LogP contribution is -2.29. The van der Waals surface area contributed by atoms with Crippen LogP contribution in [0.3, 0.4) is 0 Å². The second-order valence-electron chi connectivity index (χ2n) is 5.08. The van der Waals surface area contributed by atoms with Crippen molar-refractivity contribution >= 4 is 31.6 Å². The molecule has 0 saturated heterocycles. The van der Waals surface area contributed by atoms with Crippen LogP contribution in [-0.4, -0.2) is 29.0 Å². The van der Waals surface area contributed by atoms with Crippen molar-refractivity contribution in [2.45, 2.75) is 4.90 Å². The van der Waals surface area contributed by atoms with E-state index in [0.29, 0.717) is 24.5 Å². The number of rotatable bonds is 5. The van der Waals surface area contributed by atoms with Gasteiger partial charge in [0.15, 0.2) is 11.6 Å². The number of sulfonamides is 2. The van der Waals surface area contributed by atoms with Crippen molar-refractivity contribution < 1.29 is 34.8 Å². The van der Waals surface area contributed by atoms with Crippen molar-refractivity contribution in [1.29, 1.82) is 0 Å². The molecule has 0 aliphatic carbocycles. The minimum atomic E-state index is -4.57. The molecule has 7 nitrogen and oxygen atoms in total. The number of amides is 1. The molecule has 0 bridgehead atoms. The van der Waals surface area contributed by atoms with Gasteiger partial charge in [-0.2, -0.15) is 0 Å². The highest BCUT2D eigenvalue weighted by atomic mass is 32.3. The van der Waals surface area contributed by atoms with Crippen molar-refractivity contribution in [2.75, 3.05) is 11.6 Å². The summed E-state index contributed by atoms with van der Waals surface area (Å²) in [4.78, 5) is 11.4. The van der Waals surface area contributed by atoms with E-state index in [1.807, 2.05) is 0 Å². The number of hydrogen-bond donors (Lipinski definition) is 2. The largest absolute Gasteiger partial charge is 0.322 e. The number of carbonyl (C=O) groups excluding carboxylic acids is 1. The zero-order valence-electron chi connectivity index (χ0n) is 13.0. The van der Waals surface area contributed by atoms with E-state index in [4.69, 9.17) is 0 Å². The van der Waals surface area contributed by atoms with Crippen LogP contribution in [0.1, 0.15) is 10.4 Å². The van der Waals surface area contributed by atoms with Gasteiger partial charge < -0.3 is 5.32 Å². The Bertz CT molecular complexity index is 1090. The molecule has 0 atom stereocenters. The Kier molecular flexibility index (Phi) is 5.39. The van der Waals surface area contributed by atoms with Crippen LogP contribution in [0.15, 0.2) is 41.3 Å². The minimum absolute atomic E-state index is 0.198. The van der Waals surface area contributed by atoms with Gasteiger partial charge in [0.25, 0.3) is 15.9 Å². The molecule has 0 unspecified atom stereocenters. The lowest BCUT2D eigenvalue weighted by Gasteiger charge is -2.09. The molecule has 0 radical (unpaired) electrons. The summed E-state index contributed by atoms with van der Waals surface area (Å²) in [7, 11) is -8.71. The molecule has 2 aromatic rings. The average molecular weight is 408 g/mol. The summed E-state index contributed by atoms with van der Waals surface area (Å²) < 4.78 is 87.3. The van der Waals surface area contributed by atoms with Crippen molar-refractivity contribution in [2.24, 2.45) is 0 Å². The predicted octanol–water partition coefficient (Wildman–Crippen LogP) is 1.59. The summed E-state index contributed by atoms with van der Waals surface area (Å²) in [5.74, 6) is -4.67. The molecule has 2 N–H and O–H groups in total. The van der Waals surface area contributed by atoms with E-state index in [1.54, 1.807) is 0 Å². The zero-order valence-corrected chi connectivity index (χ0v) is 14.6. The van der Waals surface area contributed by atoms with Gasteiger partial charge in [0.1, 0.15) is 5.82 Å². The zero-order chi connectivity index (χ0) is 19.7. The van der Waals surface area contributed by atoms with Crippen LogP contribution in [-0.2, 0) is 20.0 Å². The molecule has 2 rings (SSSR count). The quantitative estimate of drug-likeness (QED) is 0.781. The van der Waals surface area contributed by atoms with Gasteiger partial charge in [-0.15, -0.1) is 4.13 Å². The van der Waals surface area contributed by atoms with Crippen LogP contribution >= 0.6 is 0 Å². The summed E-state index contributed by atoms with van der Waals surface area (Å²) in [6, 6.07) is 4.42. The van der Waals surface area contributed by atoms with Gasteiger partial charge in [0.2, 0.25) is 10.0 Å². The standard InChI is InChI=1S/C14H11F3N2O5S2/c1-25(21,22)19-26(23,24)9-3-5-11(15)10(7-9)14(20)18-8-2-4-12(16)13(17)6-8/h2-7,19H,1H3,(H,18,20). The first-order chi connectivity index (χ1) is 11.9. The lowest BCUT2D eigenvalue weighted by atomic mass is 10.2. The molecule has 0 aliphatic heterocycles. The second kappa shape index (κ2) is 7.05. The van der Waals surface area contributed by atoms with E-state index in [9.17, 15) is 34.8 Å². The van der Waals surface area contributed by atoms with Gasteiger partial charge in [-0.05, 0) is 30.3 Å². The highest BCUT2D eigenvalue weighted by Crippen LogP contribution is 2.19.